The molecule has 2 rings (SSSR count). The molecule has 1 aliphatic rings. The summed E-state index contributed by atoms with van der Waals surface area (Å²) in [6.07, 6.45) is 11.4. The lowest BCUT2D eigenvalue weighted by Crippen LogP contribution is -2.31. The summed E-state index contributed by atoms with van der Waals surface area (Å²) in [5, 5.41) is 6.01. The van der Waals surface area contributed by atoms with Crippen molar-refractivity contribution >= 4 is 11.7 Å². The lowest BCUT2D eigenvalue weighted by Gasteiger charge is -2.29. The van der Waals surface area contributed by atoms with E-state index in [1.165, 1.54) is 0 Å². The molecule has 5 nitrogen and oxygen atoms in total. The minimum atomic E-state index is -0.205. The predicted octanol–water partition coefficient (Wildman–Crippen LogP) is 1.81. The topological polar surface area (TPSA) is 63.2 Å². The maximum absolute atomic E-state index is 11.7. The number of hydrogen-bond acceptors (Lipinski definition) is 4. The highest BCUT2D eigenvalue weighted by atomic mass is 16.5. The van der Waals surface area contributed by atoms with Crippen molar-refractivity contribution in [3.63, 3.8) is 0 Å². The number of rotatable bonds is 5. The molecule has 2 unspecified atom stereocenters. The van der Waals surface area contributed by atoms with Gasteiger partial charge in [-0.1, -0.05) is 5.92 Å². The Morgan fingerprint density at radius 1 is 1.52 bits per heavy atom. The molecule has 1 aromatic heterocycles. The molecule has 0 spiro atoms. The van der Waals surface area contributed by atoms with E-state index >= 15 is 0 Å². The third-order valence-electron chi connectivity index (χ3n) is 3.69. The molecule has 1 heterocycles. The second-order valence-corrected chi connectivity index (χ2v) is 5.18. The molecule has 112 valence electrons. The Balaban J connectivity index is 1.90. The lowest BCUT2D eigenvalue weighted by molar-refractivity contribution is 0.0669. The van der Waals surface area contributed by atoms with Crippen molar-refractivity contribution in [1.29, 1.82) is 0 Å². The van der Waals surface area contributed by atoms with Gasteiger partial charge in [-0.15, -0.1) is 6.42 Å². The van der Waals surface area contributed by atoms with E-state index in [0.717, 1.165) is 31.5 Å². The maximum atomic E-state index is 11.7. The number of ether oxygens (including phenoxy) is 1. The highest BCUT2D eigenvalue weighted by molar-refractivity contribution is 5.94. The van der Waals surface area contributed by atoms with E-state index in [2.05, 4.69) is 21.5 Å². The minimum Gasteiger partial charge on any atom is -0.381 e. The number of terminal acetylenes is 1. The number of pyridine rings is 1. The molecule has 0 aromatic carbocycles. The van der Waals surface area contributed by atoms with Gasteiger partial charge >= 0.3 is 0 Å². The standard InChI is InChI=1S/C16H21N3O2/c1-3-9-17-16(20)12-7-8-15(18-11-12)19-13-5-4-6-14(10-13)21-2/h1,7-8,11,13-14H,4-6,9-10H2,2H3,(H,17,20)(H,18,19). The van der Waals surface area contributed by atoms with Crippen molar-refractivity contribution in [3.05, 3.63) is 23.9 Å². The van der Waals surface area contributed by atoms with Crippen molar-refractivity contribution in [2.24, 2.45) is 0 Å². The minimum absolute atomic E-state index is 0.205. The molecule has 2 N–H and O–H groups in total. The van der Waals surface area contributed by atoms with Crippen LogP contribution in [0.3, 0.4) is 0 Å². The SMILES string of the molecule is C#CCNC(=O)c1ccc(NC2CCCC(OC)C2)nc1. The van der Waals surface area contributed by atoms with Crippen LogP contribution in [-0.4, -0.2) is 36.7 Å². The van der Waals surface area contributed by atoms with Crippen LogP contribution >= 0.6 is 0 Å². The van der Waals surface area contributed by atoms with E-state index < -0.39 is 0 Å². The van der Waals surface area contributed by atoms with Crippen molar-refractivity contribution in [2.45, 2.75) is 37.8 Å². The molecule has 1 fully saturated rings. The van der Waals surface area contributed by atoms with Gasteiger partial charge in [-0.3, -0.25) is 4.79 Å². The zero-order chi connectivity index (χ0) is 15.1. The Labute approximate surface area is 125 Å². The maximum Gasteiger partial charge on any atom is 0.253 e. The van der Waals surface area contributed by atoms with Gasteiger partial charge in [0.2, 0.25) is 0 Å². The van der Waals surface area contributed by atoms with E-state index in [0.29, 0.717) is 17.7 Å². The quantitative estimate of drug-likeness (QED) is 0.811. The molecule has 0 aliphatic heterocycles. The third-order valence-corrected chi connectivity index (χ3v) is 3.69. The average Bonchev–Trinajstić information content (AvgIpc) is 2.53. The number of nitrogens with zero attached hydrogens (tertiary/aromatic N) is 1. The smallest absolute Gasteiger partial charge is 0.253 e. The highest BCUT2D eigenvalue weighted by Crippen LogP contribution is 2.23. The molecule has 2 atom stereocenters. The Kier molecular flexibility index (Phi) is 5.59. The summed E-state index contributed by atoms with van der Waals surface area (Å²) in [5.41, 5.74) is 0.509. The average molecular weight is 287 g/mol. The fourth-order valence-corrected chi connectivity index (χ4v) is 2.55. The summed E-state index contributed by atoms with van der Waals surface area (Å²) in [4.78, 5) is 16.0. The zero-order valence-electron chi connectivity index (χ0n) is 12.3. The van der Waals surface area contributed by atoms with Crippen LogP contribution in [-0.2, 0) is 4.74 Å². The van der Waals surface area contributed by atoms with Gasteiger partial charge in [0.05, 0.1) is 18.2 Å². The number of nitrogens with one attached hydrogen (secondary N) is 2. The zero-order valence-corrected chi connectivity index (χ0v) is 12.3. The molecular weight excluding hydrogens is 266 g/mol. The van der Waals surface area contributed by atoms with Crippen LogP contribution < -0.4 is 10.6 Å². The Bertz CT molecular complexity index is 507. The molecular formula is C16H21N3O2. The molecule has 1 saturated carbocycles. The second kappa shape index (κ2) is 7.65. The van der Waals surface area contributed by atoms with Crippen LogP contribution in [0, 0.1) is 12.3 Å². The molecule has 0 radical (unpaired) electrons. The first-order valence-corrected chi connectivity index (χ1v) is 7.20. The van der Waals surface area contributed by atoms with Gasteiger partial charge in [-0.05, 0) is 37.8 Å². The summed E-state index contributed by atoms with van der Waals surface area (Å²) in [6, 6.07) is 3.94. The van der Waals surface area contributed by atoms with Gasteiger partial charge in [-0.2, -0.15) is 0 Å². The first-order chi connectivity index (χ1) is 10.2. The number of amides is 1. The summed E-state index contributed by atoms with van der Waals surface area (Å²) >= 11 is 0. The van der Waals surface area contributed by atoms with Crippen molar-refractivity contribution in [2.75, 3.05) is 19.0 Å². The summed E-state index contributed by atoms with van der Waals surface area (Å²) in [5.74, 6) is 2.95. The number of methoxy groups -OCH3 is 1. The van der Waals surface area contributed by atoms with Gasteiger partial charge < -0.3 is 15.4 Å². The largest absolute Gasteiger partial charge is 0.381 e. The number of anilines is 1. The number of carbonyl (C=O) groups excluding carboxylic acids is 1. The first-order valence-electron chi connectivity index (χ1n) is 7.20. The number of aromatic nitrogens is 1. The van der Waals surface area contributed by atoms with Gasteiger partial charge in [0.25, 0.3) is 5.91 Å². The summed E-state index contributed by atoms with van der Waals surface area (Å²) < 4.78 is 5.42. The Morgan fingerprint density at radius 3 is 3.05 bits per heavy atom. The van der Waals surface area contributed by atoms with Crippen LogP contribution in [0.5, 0.6) is 0 Å². The van der Waals surface area contributed by atoms with Crippen LogP contribution in [0.1, 0.15) is 36.0 Å². The van der Waals surface area contributed by atoms with Crippen LogP contribution in [0.2, 0.25) is 0 Å². The van der Waals surface area contributed by atoms with E-state index in [-0.39, 0.29) is 12.5 Å². The van der Waals surface area contributed by atoms with Crippen LogP contribution in [0.15, 0.2) is 18.3 Å². The molecule has 1 aromatic rings. The highest BCUT2D eigenvalue weighted by Gasteiger charge is 2.21. The lowest BCUT2D eigenvalue weighted by atomic mass is 9.93. The molecule has 0 saturated heterocycles. The van der Waals surface area contributed by atoms with Crippen LogP contribution in [0.25, 0.3) is 0 Å². The van der Waals surface area contributed by atoms with Gasteiger partial charge in [0.1, 0.15) is 5.82 Å². The first kappa shape index (κ1) is 15.3. The molecule has 0 bridgehead atoms. The fraction of sp³-hybridized carbons (Fsp3) is 0.500. The number of carbonyl (C=O) groups is 1. The Morgan fingerprint density at radius 2 is 2.38 bits per heavy atom. The van der Waals surface area contributed by atoms with Crippen molar-refractivity contribution in [1.82, 2.24) is 10.3 Å². The second-order valence-electron chi connectivity index (χ2n) is 5.18. The van der Waals surface area contributed by atoms with Crippen molar-refractivity contribution in [3.8, 4) is 12.3 Å². The van der Waals surface area contributed by atoms with Gasteiger partial charge in [-0.25, -0.2) is 4.98 Å². The number of hydrogen-bond donors (Lipinski definition) is 2. The van der Waals surface area contributed by atoms with E-state index in [9.17, 15) is 4.79 Å². The molecule has 21 heavy (non-hydrogen) atoms. The normalized spacial score (nSPS) is 21.3. The summed E-state index contributed by atoms with van der Waals surface area (Å²) in [7, 11) is 1.76. The Hall–Kier alpha value is -2.06. The monoisotopic (exact) mass is 287 g/mol. The van der Waals surface area contributed by atoms with Crippen molar-refractivity contribution < 1.29 is 9.53 Å². The van der Waals surface area contributed by atoms with E-state index in [1.807, 2.05) is 6.07 Å². The summed E-state index contributed by atoms with van der Waals surface area (Å²) in [6.45, 7) is 0.222. The molecule has 5 heteroatoms. The van der Waals surface area contributed by atoms with Crippen LogP contribution in [0.4, 0.5) is 5.82 Å². The third kappa shape index (κ3) is 4.47. The van der Waals surface area contributed by atoms with E-state index in [1.54, 1.807) is 19.4 Å². The van der Waals surface area contributed by atoms with Gasteiger partial charge in [0.15, 0.2) is 0 Å². The molecule has 1 aliphatic carbocycles. The fourth-order valence-electron chi connectivity index (χ4n) is 2.55. The molecule has 1 amide bonds. The van der Waals surface area contributed by atoms with Gasteiger partial charge in [0, 0.05) is 19.3 Å². The predicted molar refractivity (Wildman–Crippen MR) is 82.1 cm³/mol. The van der Waals surface area contributed by atoms with E-state index in [4.69, 9.17) is 11.2 Å².